The van der Waals surface area contributed by atoms with Crippen LogP contribution in [0.15, 0.2) is 24.3 Å². The van der Waals surface area contributed by atoms with E-state index >= 15 is 0 Å². The fourth-order valence-electron chi connectivity index (χ4n) is 3.99. The highest BCUT2D eigenvalue weighted by Gasteiger charge is 2.45. The van der Waals surface area contributed by atoms with Crippen LogP contribution in [0.5, 0.6) is 5.75 Å². The molecule has 2 aliphatic rings. The minimum atomic E-state index is -3.19. The molecule has 2 N–H and O–H groups in total. The van der Waals surface area contributed by atoms with Gasteiger partial charge in [-0.25, -0.2) is 13.2 Å². The van der Waals surface area contributed by atoms with Crippen LogP contribution in [0.3, 0.4) is 0 Å². The van der Waals surface area contributed by atoms with Crippen molar-refractivity contribution in [1.82, 2.24) is 9.62 Å². The Kier molecular flexibility index (Phi) is 5.19. The van der Waals surface area contributed by atoms with Crippen molar-refractivity contribution >= 4 is 21.7 Å². The predicted molar refractivity (Wildman–Crippen MR) is 96.3 cm³/mol. The molecule has 0 spiro atoms. The molecule has 7 nitrogen and oxygen atoms in total. The summed E-state index contributed by atoms with van der Waals surface area (Å²) in [5.74, 6) is 0.632. The monoisotopic (exact) mass is 367 g/mol. The third-order valence-corrected chi connectivity index (χ3v) is 6.18. The lowest BCUT2D eigenvalue weighted by molar-refractivity contribution is 0.204. The molecule has 2 unspecified atom stereocenters. The van der Waals surface area contributed by atoms with Crippen LogP contribution in [0.1, 0.15) is 32.6 Å². The van der Waals surface area contributed by atoms with Gasteiger partial charge in [0.2, 0.25) is 10.0 Å². The zero-order chi connectivity index (χ0) is 18.0. The van der Waals surface area contributed by atoms with Gasteiger partial charge in [-0.05, 0) is 44.7 Å². The van der Waals surface area contributed by atoms with Crippen molar-refractivity contribution in [3.8, 4) is 5.75 Å². The first kappa shape index (κ1) is 18.0. The number of carbonyl (C=O) groups is 1. The average molecular weight is 367 g/mol. The third kappa shape index (κ3) is 4.07. The number of hydrogen-bond donors (Lipinski definition) is 2. The molecule has 0 aromatic heterocycles. The van der Waals surface area contributed by atoms with E-state index in [1.807, 2.05) is 25.1 Å². The van der Waals surface area contributed by atoms with Gasteiger partial charge < -0.3 is 15.4 Å². The molecule has 1 aromatic rings. The number of nitrogens with zero attached hydrogens (tertiary/aromatic N) is 1. The molecule has 25 heavy (non-hydrogen) atoms. The van der Waals surface area contributed by atoms with E-state index in [9.17, 15) is 13.2 Å². The molecule has 0 aliphatic carbocycles. The Balaban J connectivity index is 1.60. The molecule has 2 bridgehead atoms. The zero-order valence-corrected chi connectivity index (χ0v) is 15.4. The van der Waals surface area contributed by atoms with Crippen LogP contribution < -0.4 is 15.4 Å². The lowest BCUT2D eigenvalue weighted by Gasteiger charge is -2.37. The number of carbonyl (C=O) groups excluding carboxylic acids is 1. The second-order valence-corrected chi connectivity index (χ2v) is 8.56. The van der Waals surface area contributed by atoms with E-state index < -0.39 is 10.0 Å². The van der Waals surface area contributed by atoms with Crippen molar-refractivity contribution in [3.05, 3.63) is 24.3 Å². The number of hydrogen-bond acceptors (Lipinski definition) is 4. The number of piperidine rings is 1. The minimum Gasteiger partial charge on any atom is -0.492 e. The summed E-state index contributed by atoms with van der Waals surface area (Å²) in [6.07, 6.45) is 4.31. The standard InChI is InChI=1S/C17H25N3O4S/c1-3-24-16-7-5-4-6-15(16)19-17(21)18-12-10-13-8-9-14(11-12)20(13)25(2,22)23/h4-7,12-14H,3,8-11H2,1-2H3,(H2,18,19,21). The summed E-state index contributed by atoms with van der Waals surface area (Å²) in [5, 5.41) is 5.81. The van der Waals surface area contributed by atoms with Crippen molar-refractivity contribution in [3.63, 3.8) is 0 Å². The van der Waals surface area contributed by atoms with E-state index in [2.05, 4.69) is 10.6 Å². The summed E-state index contributed by atoms with van der Waals surface area (Å²) in [7, 11) is -3.19. The number of urea groups is 1. The Morgan fingerprint density at radius 2 is 1.88 bits per heavy atom. The number of amides is 2. The number of nitrogens with one attached hydrogen (secondary N) is 2. The van der Waals surface area contributed by atoms with Crippen LogP contribution in [0.25, 0.3) is 0 Å². The van der Waals surface area contributed by atoms with Crippen LogP contribution in [0, 0.1) is 0 Å². The molecule has 8 heteroatoms. The molecule has 1 aromatic carbocycles. The van der Waals surface area contributed by atoms with Crippen LogP contribution in [-0.2, 0) is 10.0 Å². The Morgan fingerprint density at radius 1 is 1.24 bits per heavy atom. The molecule has 2 aliphatic heterocycles. The van der Waals surface area contributed by atoms with E-state index in [1.165, 1.54) is 6.26 Å². The number of rotatable bonds is 5. The Hall–Kier alpha value is -1.80. The van der Waals surface area contributed by atoms with Crippen molar-refractivity contribution in [1.29, 1.82) is 0 Å². The van der Waals surface area contributed by atoms with Crippen molar-refractivity contribution in [2.75, 3.05) is 18.2 Å². The highest BCUT2D eigenvalue weighted by Crippen LogP contribution is 2.37. The first-order valence-electron chi connectivity index (χ1n) is 8.66. The molecule has 2 heterocycles. The molecule has 0 saturated carbocycles. The predicted octanol–water partition coefficient (Wildman–Crippen LogP) is 2.16. The molecular weight excluding hydrogens is 342 g/mol. The number of para-hydroxylation sites is 2. The van der Waals surface area contributed by atoms with E-state index in [-0.39, 0.29) is 24.2 Å². The normalized spacial score (nSPS) is 26.2. The summed E-state index contributed by atoms with van der Waals surface area (Å²) < 4.78 is 31.0. The Morgan fingerprint density at radius 3 is 2.48 bits per heavy atom. The van der Waals surface area contributed by atoms with Crippen molar-refractivity contribution in [2.24, 2.45) is 0 Å². The summed E-state index contributed by atoms with van der Waals surface area (Å²) in [6, 6.07) is 6.98. The number of fused-ring (bicyclic) bond motifs is 2. The SMILES string of the molecule is CCOc1ccccc1NC(=O)NC1CC2CCC(C1)N2S(C)(=O)=O. The second kappa shape index (κ2) is 7.21. The lowest BCUT2D eigenvalue weighted by Crippen LogP contribution is -2.52. The first-order chi connectivity index (χ1) is 11.9. The van der Waals surface area contributed by atoms with Gasteiger partial charge in [0.15, 0.2) is 0 Å². The molecule has 2 fully saturated rings. The molecule has 0 radical (unpaired) electrons. The van der Waals surface area contributed by atoms with Gasteiger partial charge in [0.05, 0.1) is 18.6 Å². The topological polar surface area (TPSA) is 87.7 Å². The average Bonchev–Trinajstić information content (AvgIpc) is 2.82. The smallest absolute Gasteiger partial charge is 0.319 e. The van der Waals surface area contributed by atoms with E-state index in [4.69, 9.17) is 4.74 Å². The Labute approximate surface area is 148 Å². The lowest BCUT2D eigenvalue weighted by atomic mass is 10.00. The molecule has 3 rings (SSSR count). The van der Waals surface area contributed by atoms with Gasteiger partial charge >= 0.3 is 6.03 Å². The van der Waals surface area contributed by atoms with Gasteiger partial charge in [0.1, 0.15) is 5.75 Å². The summed E-state index contributed by atoms with van der Waals surface area (Å²) in [5.41, 5.74) is 0.624. The zero-order valence-electron chi connectivity index (χ0n) is 14.6. The van der Waals surface area contributed by atoms with Crippen LogP contribution in [0.4, 0.5) is 10.5 Å². The number of ether oxygens (including phenoxy) is 1. The van der Waals surface area contributed by atoms with Crippen LogP contribution in [-0.4, -0.2) is 49.7 Å². The number of benzene rings is 1. The number of sulfonamides is 1. The molecule has 2 saturated heterocycles. The van der Waals surface area contributed by atoms with Crippen molar-refractivity contribution < 1.29 is 17.9 Å². The molecule has 2 atom stereocenters. The maximum atomic E-state index is 12.3. The van der Waals surface area contributed by atoms with Gasteiger partial charge in [-0.15, -0.1) is 0 Å². The second-order valence-electron chi connectivity index (χ2n) is 6.67. The maximum absolute atomic E-state index is 12.3. The summed E-state index contributed by atoms with van der Waals surface area (Å²) in [4.78, 5) is 12.3. The van der Waals surface area contributed by atoms with Gasteiger partial charge in [0.25, 0.3) is 0 Å². The number of anilines is 1. The maximum Gasteiger partial charge on any atom is 0.319 e. The Bertz CT molecular complexity index is 723. The highest BCUT2D eigenvalue weighted by atomic mass is 32.2. The largest absolute Gasteiger partial charge is 0.492 e. The van der Waals surface area contributed by atoms with Crippen LogP contribution >= 0.6 is 0 Å². The van der Waals surface area contributed by atoms with Gasteiger partial charge in [0, 0.05) is 18.1 Å². The fourth-order valence-corrected chi connectivity index (χ4v) is 5.45. The quantitative estimate of drug-likeness (QED) is 0.835. The van der Waals surface area contributed by atoms with E-state index in [1.54, 1.807) is 10.4 Å². The first-order valence-corrected chi connectivity index (χ1v) is 10.5. The highest BCUT2D eigenvalue weighted by molar-refractivity contribution is 7.88. The molecule has 2 amide bonds. The van der Waals surface area contributed by atoms with Gasteiger partial charge in [-0.2, -0.15) is 4.31 Å². The van der Waals surface area contributed by atoms with Gasteiger partial charge in [-0.1, -0.05) is 12.1 Å². The van der Waals surface area contributed by atoms with Crippen LogP contribution in [0.2, 0.25) is 0 Å². The third-order valence-electron chi connectivity index (χ3n) is 4.82. The molecule has 138 valence electrons. The van der Waals surface area contributed by atoms with E-state index in [0.29, 0.717) is 30.9 Å². The summed E-state index contributed by atoms with van der Waals surface area (Å²) >= 11 is 0. The minimum absolute atomic E-state index is 0.00485. The van der Waals surface area contributed by atoms with Gasteiger partial charge in [-0.3, -0.25) is 0 Å². The fraction of sp³-hybridized carbons (Fsp3) is 0.588. The van der Waals surface area contributed by atoms with E-state index in [0.717, 1.165) is 12.8 Å². The van der Waals surface area contributed by atoms with Crippen molar-refractivity contribution in [2.45, 2.75) is 50.7 Å². The molecular formula is C17H25N3O4S. The summed E-state index contributed by atoms with van der Waals surface area (Å²) in [6.45, 7) is 2.41.